The van der Waals surface area contributed by atoms with E-state index in [4.69, 9.17) is 9.47 Å². The minimum absolute atomic E-state index is 0.281. The molecule has 0 saturated carbocycles. The molecular formula is C27H36O3. The number of unbranched alkanes of at least 4 members (excludes halogenated alkanes) is 6. The van der Waals surface area contributed by atoms with Gasteiger partial charge in [-0.2, -0.15) is 0 Å². The van der Waals surface area contributed by atoms with Crippen molar-refractivity contribution in [2.75, 3.05) is 13.2 Å². The summed E-state index contributed by atoms with van der Waals surface area (Å²) in [6.07, 6.45) is 11.2. The van der Waals surface area contributed by atoms with Gasteiger partial charge in [-0.25, -0.2) is 4.79 Å². The maximum absolute atomic E-state index is 12.2. The van der Waals surface area contributed by atoms with E-state index in [2.05, 4.69) is 32.6 Å². The summed E-state index contributed by atoms with van der Waals surface area (Å²) in [5.41, 5.74) is 3.59. The Labute approximate surface area is 182 Å². The third-order valence-corrected chi connectivity index (χ3v) is 5.17. The van der Waals surface area contributed by atoms with E-state index in [1.165, 1.54) is 32.1 Å². The van der Waals surface area contributed by atoms with Gasteiger partial charge in [0.25, 0.3) is 0 Å². The zero-order valence-corrected chi connectivity index (χ0v) is 18.6. The fraction of sp³-hybridized carbons (Fsp3) is 0.444. The first-order valence-electron chi connectivity index (χ1n) is 11.4. The monoisotopic (exact) mass is 408 g/mol. The van der Waals surface area contributed by atoms with Crippen molar-refractivity contribution in [2.45, 2.75) is 65.2 Å². The van der Waals surface area contributed by atoms with Gasteiger partial charge in [0.15, 0.2) is 0 Å². The van der Waals surface area contributed by atoms with Crippen LogP contribution in [0.4, 0.5) is 0 Å². The van der Waals surface area contributed by atoms with Gasteiger partial charge >= 0.3 is 5.97 Å². The molecule has 2 aromatic rings. The molecule has 2 aromatic carbocycles. The van der Waals surface area contributed by atoms with E-state index >= 15 is 0 Å². The van der Waals surface area contributed by atoms with Crippen molar-refractivity contribution in [3.8, 4) is 16.9 Å². The van der Waals surface area contributed by atoms with E-state index in [0.717, 1.165) is 48.3 Å². The molecule has 0 N–H and O–H groups in total. The lowest BCUT2D eigenvalue weighted by Crippen LogP contribution is -2.06. The fourth-order valence-electron chi connectivity index (χ4n) is 3.32. The molecule has 0 aliphatic heterocycles. The van der Waals surface area contributed by atoms with Crippen LogP contribution in [0, 0.1) is 0 Å². The lowest BCUT2D eigenvalue weighted by atomic mass is 9.97. The van der Waals surface area contributed by atoms with Crippen LogP contribution in [0.15, 0.2) is 49.0 Å². The summed E-state index contributed by atoms with van der Waals surface area (Å²) >= 11 is 0. The Hall–Kier alpha value is -2.55. The van der Waals surface area contributed by atoms with Crippen molar-refractivity contribution in [1.82, 2.24) is 0 Å². The molecule has 3 nitrogen and oxygen atoms in total. The summed E-state index contributed by atoms with van der Waals surface area (Å²) in [7, 11) is 0. The van der Waals surface area contributed by atoms with Gasteiger partial charge in [-0.3, -0.25) is 0 Å². The van der Waals surface area contributed by atoms with Gasteiger partial charge in [-0.1, -0.05) is 83.2 Å². The fourth-order valence-corrected chi connectivity index (χ4v) is 3.32. The number of rotatable bonds is 14. The SMILES string of the molecule is C=Cc1cc(C(=O)OCCCC)ccc1-c1ccc(OCCCCCCCC)cc1. The normalized spacial score (nSPS) is 10.6. The van der Waals surface area contributed by atoms with Gasteiger partial charge < -0.3 is 9.47 Å². The van der Waals surface area contributed by atoms with Crippen LogP contribution in [0.2, 0.25) is 0 Å². The third-order valence-electron chi connectivity index (χ3n) is 5.17. The van der Waals surface area contributed by atoms with Crippen molar-refractivity contribution in [3.05, 3.63) is 60.2 Å². The molecule has 0 aromatic heterocycles. The van der Waals surface area contributed by atoms with Crippen LogP contribution >= 0.6 is 0 Å². The molecule has 0 spiro atoms. The minimum Gasteiger partial charge on any atom is -0.494 e. The van der Waals surface area contributed by atoms with Crippen LogP contribution in [-0.2, 0) is 4.74 Å². The average molecular weight is 409 g/mol. The first-order valence-corrected chi connectivity index (χ1v) is 11.4. The molecule has 0 atom stereocenters. The highest BCUT2D eigenvalue weighted by Crippen LogP contribution is 2.28. The zero-order chi connectivity index (χ0) is 21.6. The molecule has 0 fully saturated rings. The summed E-state index contributed by atoms with van der Waals surface area (Å²) in [5.74, 6) is 0.611. The summed E-state index contributed by atoms with van der Waals surface area (Å²) in [6.45, 7) is 9.44. The molecule has 0 bridgehead atoms. The molecule has 2 rings (SSSR count). The largest absolute Gasteiger partial charge is 0.494 e. The van der Waals surface area contributed by atoms with Crippen molar-refractivity contribution >= 4 is 12.0 Å². The highest BCUT2D eigenvalue weighted by molar-refractivity contribution is 5.92. The molecule has 0 amide bonds. The van der Waals surface area contributed by atoms with Crippen LogP contribution in [0.25, 0.3) is 17.2 Å². The average Bonchev–Trinajstić information content (AvgIpc) is 2.78. The second-order valence-electron chi connectivity index (χ2n) is 7.64. The third kappa shape index (κ3) is 7.70. The van der Waals surface area contributed by atoms with E-state index in [1.807, 2.05) is 30.3 Å². The summed E-state index contributed by atoms with van der Waals surface area (Å²) in [4.78, 5) is 12.2. The first kappa shape index (κ1) is 23.7. The molecule has 0 heterocycles. The Kier molecular flexibility index (Phi) is 10.8. The molecular weight excluding hydrogens is 372 g/mol. The number of benzene rings is 2. The highest BCUT2D eigenvalue weighted by Gasteiger charge is 2.11. The van der Waals surface area contributed by atoms with Crippen molar-refractivity contribution in [3.63, 3.8) is 0 Å². The summed E-state index contributed by atoms with van der Waals surface area (Å²) in [6, 6.07) is 13.7. The van der Waals surface area contributed by atoms with Crippen LogP contribution in [0.5, 0.6) is 5.75 Å². The van der Waals surface area contributed by atoms with E-state index in [-0.39, 0.29) is 5.97 Å². The van der Waals surface area contributed by atoms with E-state index < -0.39 is 0 Å². The standard InChI is InChI=1S/C27H36O3/c1-4-7-9-10-11-12-20-29-25-16-13-23(14-17-25)26-18-15-24(21-22(26)6-3)27(28)30-19-8-5-2/h6,13-18,21H,3-5,7-12,19-20H2,1-2H3. The van der Waals surface area contributed by atoms with Gasteiger partial charge in [0, 0.05) is 0 Å². The van der Waals surface area contributed by atoms with E-state index in [0.29, 0.717) is 12.2 Å². The Morgan fingerprint density at radius 2 is 1.57 bits per heavy atom. The second kappa shape index (κ2) is 13.6. The second-order valence-corrected chi connectivity index (χ2v) is 7.64. The summed E-state index contributed by atoms with van der Waals surface area (Å²) in [5, 5.41) is 0. The van der Waals surface area contributed by atoms with Crippen LogP contribution in [0.3, 0.4) is 0 Å². The molecule has 0 aliphatic rings. The van der Waals surface area contributed by atoms with E-state index in [9.17, 15) is 4.79 Å². The number of esters is 1. The number of hydrogen-bond acceptors (Lipinski definition) is 3. The Morgan fingerprint density at radius 1 is 0.867 bits per heavy atom. The molecule has 0 unspecified atom stereocenters. The molecule has 0 saturated heterocycles. The Bertz CT molecular complexity index is 777. The van der Waals surface area contributed by atoms with Gasteiger partial charge in [-0.05, 0) is 53.8 Å². The quantitative estimate of drug-likeness (QED) is 0.237. The smallest absolute Gasteiger partial charge is 0.338 e. The van der Waals surface area contributed by atoms with Gasteiger partial charge in [0.05, 0.1) is 18.8 Å². The topological polar surface area (TPSA) is 35.5 Å². The molecule has 0 aliphatic carbocycles. The Morgan fingerprint density at radius 3 is 2.27 bits per heavy atom. The maximum Gasteiger partial charge on any atom is 0.338 e. The van der Waals surface area contributed by atoms with Crippen LogP contribution < -0.4 is 4.74 Å². The minimum atomic E-state index is -0.281. The van der Waals surface area contributed by atoms with Crippen LogP contribution in [-0.4, -0.2) is 19.2 Å². The Balaban J connectivity index is 1.93. The van der Waals surface area contributed by atoms with Crippen molar-refractivity contribution < 1.29 is 14.3 Å². The highest BCUT2D eigenvalue weighted by atomic mass is 16.5. The van der Waals surface area contributed by atoms with E-state index in [1.54, 1.807) is 6.08 Å². The lowest BCUT2D eigenvalue weighted by Gasteiger charge is -2.11. The summed E-state index contributed by atoms with van der Waals surface area (Å²) < 4.78 is 11.2. The van der Waals surface area contributed by atoms with Gasteiger partial charge in [0.2, 0.25) is 0 Å². The molecule has 3 heteroatoms. The number of hydrogen-bond donors (Lipinski definition) is 0. The van der Waals surface area contributed by atoms with Crippen LogP contribution in [0.1, 0.15) is 81.1 Å². The van der Waals surface area contributed by atoms with Gasteiger partial charge in [0.1, 0.15) is 5.75 Å². The lowest BCUT2D eigenvalue weighted by molar-refractivity contribution is 0.0499. The number of carbonyl (C=O) groups is 1. The first-order chi connectivity index (χ1) is 14.7. The molecule has 162 valence electrons. The van der Waals surface area contributed by atoms with Crippen molar-refractivity contribution in [2.24, 2.45) is 0 Å². The predicted molar refractivity (Wildman–Crippen MR) is 126 cm³/mol. The molecule has 30 heavy (non-hydrogen) atoms. The van der Waals surface area contributed by atoms with Crippen molar-refractivity contribution in [1.29, 1.82) is 0 Å². The zero-order valence-electron chi connectivity index (χ0n) is 18.6. The number of ether oxygens (including phenoxy) is 2. The van der Waals surface area contributed by atoms with Gasteiger partial charge in [-0.15, -0.1) is 0 Å². The predicted octanol–water partition coefficient (Wildman–Crippen LogP) is 7.69. The molecule has 0 radical (unpaired) electrons. The maximum atomic E-state index is 12.2. The number of carbonyl (C=O) groups excluding carboxylic acids is 1.